The van der Waals surface area contributed by atoms with Crippen molar-refractivity contribution in [2.24, 2.45) is 0 Å². The maximum atomic E-state index is 12.8. The van der Waals surface area contributed by atoms with Crippen molar-refractivity contribution < 1.29 is 4.79 Å². The van der Waals surface area contributed by atoms with Gasteiger partial charge in [-0.3, -0.25) is 9.69 Å². The minimum Gasteiger partial charge on any atom is -0.336 e. The van der Waals surface area contributed by atoms with E-state index in [9.17, 15) is 4.79 Å². The summed E-state index contributed by atoms with van der Waals surface area (Å²) in [5.41, 5.74) is 3.07. The SMILES string of the molecule is Cc1nccn1CCN1CCN(C(=O)c2ccc(-c3ccccc3)cc2)CC1. The summed E-state index contributed by atoms with van der Waals surface area (Å²) in [4.78, 5) is 21.5. The first-order valence-corrected chi connectivity index (χ1v) is 9.85. The molecule has 5 nitrogen and oxygen atoms in total. The first-order valence-electron chi connectivity index (χ1n) is 9.85. The third-order valence-corrected chi connectivity index (χ3v) is 5.48. The molecule has 1 aliphatic heterocycles. The van der Waals surface area contributed by atoms with Crippen LogP contribution in [0, 0.1) is 6.92 Å². The smallest absolute Gasteiger partial charge is 0.253 e. The van der Waals surface area contributed by atoms with E-state index in [4.69, 9.17) is 0 Å². The number of aromatic nitrogens is 2. The van der Waals surface area contributed by atoms with Crippen LogP contribution in [0.2, 0.25) is 0 Å². The number of nitrogens with zero attached hydrogens (tertiary/aromatic N) is 4. The Morgan fingerprint density at radius 3 is 2.21 bits per heavy atom. The summed E-state index contributed by atoms with van der Waals surface area (Å²) in [6.45, 7) is 7.36. The summed E-state index contributed by atoms with van der Waals surface area (Å²) in [5, 5.41) is 0. The molecular formula is C23H26N4O. The maximum Gasteiger partial charge on any atom is 0.253 e. The third kappa shape index (κ3) is 4.15. The molecule has 1 aliphatic rings. The summed E-state index contributed by atoms with van der Waals surface area (Å²) in [7, 11) is 0. The monoisotopic (exact) mass is 374 g/mol. The summed E-state index contributed by atoms with van der Waals surface area (Å²) in [6, 6.07) is 18.2. The van der Waals surface area contributed by atoms with Gasteiger partial charge in [0.25, 0.3) is 5.91 Å². The Morgan fingerprint density at radius 2 is 1.57 bits per heavy atom. The molecule has 3 aromatic rings. The first kappa shape index (κ1) is 18.4. The number of hydrogen-bond donors (Lipinski definition) is 0. The lowest BCUT2D eigenvalue weighted by atomic mass is 10.0. The second kappa shape index (κ2) is 8.40. The van der Waals surface area contributed by atoms with Gasteiger partial charge < -0.3 is 9.47 Å². The van der Waals surface area contributed by atoms with E-state index in [1.165, 1.54) is 5.56 Å². The van der Waals surface area contributed by atoms with Crippen LogP contribution in [0.1, 0.15) is 16.2 Å². The van der Waals surface area contributed by atoms with E-state index in [0.717, 1.165) is 56.2 Å². The second-order valence-electron chi connectivity index (χ2n) is 7.25. The second-order valence-corrected chi connectivity index (χ2v) is 7.25. The van der Waals surface area contributed by atoms with Crippen LogP contribution in [0.4, 0.5) is 0 Å². The number of amides is 1. The Bertz CT molecular complexity index is 909. The zero-order valence-corrected chi connectivity index (χ0v) is 16.3. The third-order valence-electron chi connectivity index (χ3n) is 5.48. The molecule has 0 saturated carbocycles. The number of hydrogen-bond acceptors (Lipinski definition) is 3. The van der Waals surface area contributed by atoms with E-state index < -0.39 is 0 Å². The number of piperazine rings is 1. The van der Waals surface area contributed by atoms with Crippen LogP contribution in [-0.2, 0) is 6.54 Å². The highest BCUT2D eigenvalue weighted by molar-refractivity contribution is 5.94. The Morgan fingerprint density at radius 1 is 0.893 bits per heavy atom. The normalized spacial score (nSPS) is 15.0. The van der Waals surface area contributed by atoms with Crippen molar-refractivity contribution in [2.75, 3.05) is 32.7 Å². The van der Waals surface area contributed by atoms with Gasteiger partial charge in [0.15, 0.2) is 0 Å². The number of rotatable bonds is 5. The van der Waals surface area contributed by atoms with Gasteiger partial charge in [0, 0.05) is 57.2 Å². The van der Waals surface area contributed by atoms with E-state index in [2.05, 4.69) is 26.6 Å². The van der Waals surface area contributed by atoms with E-state index in [0.29, 0.717) is 0 Å². The highest BCUT2D eigenvalue weighted by Gasteiger charge is 2.22. The van der Waals surface area contributed by atoms with Gasteiger partial charge in [0.2, 0.25) is 0 Å². The summed E-state index contributed by atoms with van der Waals surface area (Å²) in [6.07, 6.45) is 3.86. The highest BCUT2D eigenvalue weighted by atomic mass is 16.2. The van der Waals surface area contributed by atoms with Gasteiger partial charge in [-0.05, 0) is 30.2 Å². The minimum atomic E-state index is 0.129. The van der Waals surface area contributed by atoms with E-state index in [-0.39, 0.29) is 5.91 Å². The topological polar surface area (TPSA) is 41.4 Å². The van der Waals surface area contributed by atoms with Crippen LogP contribution < -0.4 is 0 Å². The summed E-state index contributed by atoms with van der Waals surface area (Å²) >= 11 is 0. The van der Waals surface area contributed by atoms with E-state index in [1.54, 1.807) is 0 Å². The van der Waals surface area contributed by atoms with Gasteiger partial charge in [0.1, 0.15) is 5.82 Å². The van der Waals surface area contributed by atoms with Crippen molar-refractivity contribution in [3.05, 3.63) is 78.4 Å². The average Bonchev–Trinajstić information content (AvgIpc) is 3.17. The zero-order chi connectivity index (χ0) is 19.3. The standard InChI is InChI=1S/C23H26N4O/c1-19-24-11-12-26(19)16-13-25-14-17-27(18-15-25)23(28)22-9-7-21(8-10-22)20-5-3-2-4-6-20/h2-12H,13-18H2,1H3. The molecular weight excluding hydrogens is 348 g/mol. The van der Waals surface area contributed by atoms with E-state index in [1.807, 2.05) is 66.7 Å². The maximum absolute atomic E-state index is 12.8. The molecule has 2 aromatic carbocycles. The van der Waals surface area contributed by atoms with Gasteiger partial charge in [-0.25, -0.2) is 4.98 Å². The van der Waals surface area contributed by atoms with Crippen LogP contribution >= 0.6 is 0 Å². The molecule has 0 unspecified atom stereocenters. The lowest BCUT2D eigenvalue weighted by Gasteiger charge is -2.34. The Balaban J connectivity index is 1.31. The minimum absolute atomic E-state index is 0.129. The molecule has 4 rings (SSSR count). The predicted molar refractivity (Wildman–Crippen MR) is 111 cm³/mol. The average molecular weight is 374 g/mol. The van der Waals surface area contributed by atoms with Crippen molar-refractivity contribution >= 4 is 5.91 Å². The fraction of sp³-hybridized carbons (Fsp3) is 0.304. The highest BCUT2D eigenvalue weighted by Crippen LogP contribution is 2.20. The summed E-state index contributed by atoms with van der Waals surface area (Å²) < 4.78 is 2.17. The molecule has 0 radical (unpaired) electrons. The molecule has 0 N–H and O–H groups in total. The lowest BCUT2D eigenvalue weighted by Crippen LogP contribution is -2.49. The zero-order valence-electron chi connectivity index (χ0n) is 16.3. The van der Waals surface area contributed by atoms with Crippen LogP contribution in [-0.4, -0.2) is 58.0 Å². The van der Waals surface area contributed by atoms with Crippen molar-refractivity contribution in [1.82, 2.24) is 19.4 Å². The molecule has 1 amide bonds. The molecule has 0 bridgehead atoms. The van der Waals surface area contributed by atoms with E-state index >= 15 is 0 Å². The van der Waals surface area contributed by atoms with Gasteiger partial charge in [-0.2, -0.15) is 0 Å². The number of benzene rings is 2. The molecule has 1 aromatic heterocycles. The fourth-order valence-electron chi connectivity index (χ4n) is 3.68. The number of aryl methyl sites for hydroxylation is 1. The van der Waals surface area contributed by atoms with Crippen LogP contribution in [0.15, 0.2) is 67.0 Å². The van der Waals surface area contributed by atoms with Crippen molar-refractivity contribution in [2.45, 2.75) is 13.5 Å². The van der Waals surface area contributed by atoms with Crippen LogP contribution in [0.3, 0.4) is 0 Å². The fourth-order valence-corrected chi connectivity index (χ4v) is 3.68. The molecule has 5 heteroatoms. The van der Waals surface area contributed by atoms with Gasteiger partial charge in [-0.1, -0.05) is 42.5 Å². The molecule has 144 valence electrons. The predicted octanol–water partition coefficient (Wildman–Crippen LogP) is 3.32. The van der Waals surface area contributed by atoms with Crippen LogP contribution in [0.25, 0.3) is 11.1 Å². The molecule has 2 heterocycles. The van der Waals surface area contributed by atoms with Crippen molar-refractivity contribution in [3.63, 3.8) is 0 Å². The number of carbonyl (C=O) groups is 1. The largest absolute Gasteiger partial charge is 0.336 e. The molecule has 1 saturated heterocycles. The molecule has 0 atom stereocenters. The Labute approximate surface area is 166 Å². The molecule has 1 fully saturated rings. The van der Waals surface area contributed by atoms with Gasteiger partial charge in [-0.15, -0.1) is 0 Å². The lowest BCUT2D eigenvalue weighted by molar-refractivity contribution is 0.0633. The molecule has 0 spiro atoms. The van der Waals surface area contributed by atoms with Crippen molar-refractivity contribution in [1.29, 1.82) is 0 Å². The first-order chi connectivity index (χ1) is 13.7. The van der Waals surface area contributed by atoms with Crippen LogP contribution in [0.5, 0.6) is 0 Å². The number of carbonyl (C=O) groups excluding carboxylic acids is 1. The number of imidazole rings is 1. The van der Waals surface area contributed by atoms with Gasteiger partial charge >= 0.3 is 0 Å². The van der Waals surface area contributed by atoms with Gasteiger partial charge in [0.05, 0.1) is 0 Å². The Hall–Kier alpha value is -2.92. The summed E-state index contributed by atoms with van der Waals surface area (Å²) in [5.74, 6) is 1.18. The molecule has 28 heavy (non-hydrogen) atoms. The Kier molecular flexibility index (Phi) is 5.53. The van der Waals surface area contributed by atoms with Crippen molar-refractivity contribution in [3.8, 4) is 11.1 Å². The quantitative estimate of drug-likeness (QED) is 0.688. The molecule has 0 aliphatic carbocycles.